The zero-order valence-corrected chi connectivity index (χ0v) is 15.2. The van der Waals surface area contributed by atoms with Gasteiger partial charge in [0.2, 0.25) is 0 Å². The third-order valence-corrected chi connectivity index (χ3v) is 6.16. The van der Waals surface area contributed by atoms with Gasteiger partial charge in [-0.2, -0.15) is 0 Å². The monoisotopic (exact) mass is 348 g/mol. The highest BCUT2D eigenvalue weighted by Crippen LogP contribution is 2.31. The van der Waals surface area contributed by atoms with Crippen molar-refractivity contribution >= 4 is 5.96 Å². The molecule has 140 valence electrons. The molecule has 1 saturated heterocycles. The lowest BCUT2D eigenvalue weighted by Gasteiger charge is -2.36. The number of methoxy groups -OCH3 is 1. The van der Waals surface area contributed by atoms with E-state index in [-0.39, 0.29) is 12.5 Å². The Morgan fingerprint density at radius 1 is 1.16 bits per heavy atom. The van der Waals surface area contributed by atoms with Crippen LogP contribution < -0.4 is 21.7 Å². The van der Waals surface area contributed by atoms with Crippen molar-refractivity contribution in [1.82, 2.24) is 20.9 Å². The van der Waals surface area contributed by atoms with Crippen molar-refractivity contribution in [2.24, 2.45) is 10.7 Å². The molecule has 5 N–H and O–H groups in total. The fraction of sp³-hybridized carbons (Fsp3) is 0.833. The fourth-order valence-electron chi connectivity index (χ4n) is 4.71. The Morgan fingerprint density at radius 3 is 2.64 bits per heavy atom. The van der Waals surface area contributed by atoms with Crippen LogP contribution in [0, 0.1) is 0 Å². The highest BCUT2D eigenvalue weighted by molar-refractivity contribution is 5.82. The number of rotatable bonds is 3. The van der Waals surface area contributed by atoms with Gasteiger partial charge in [0.25, 0.3) is 0 Å². The predicted molar refractivity (Wildman–Crippen MR) is 98.5 cm³/mol. The van der Waals surface area contributed by atoms with Crippen LogP contribution in [0.5, 0.6) is 0 Å². The highest BCUT2D eigenvalue weighted by atomic mass is 16.5. The van der Waals surface area contributed by atoms with Crippen molar-refractivity contribution in [2.75, 3.05) is 7.11 Å². The second-order valence-electron chi connectivity index (χ2n) is 7.78. The average Bonchev–Trinajstić information content (AvgIpc) is 2.98. The first-order valence-corrected chi connectivity index (χ1v) is 9.88. The lowest BCUT2D eigenvalue weighted by molar-refractivity contribution is 0.0644. The second kappa shape index (κ2) is 7.51. The minimum Gasteiger partial charge on any atom is -0.381 e. The molecule has 7 nitrogen and oxygen atoms in total. The second-order valence-corrected chi connectivity index (χ2v) is 7.78. The Kier molecular flexibility index (Phi) is 5.15. The third-order valence-electron chi connectivity index (χ3n) is 6.16. The molecule has 4 rings (SSSR count). The van der Waals surface area contributed by atoms with Crippen LogP contribution in [0.15, 0.2) is 16.9 Å². The maximum Gasteiger partial charge on any atom is 0.197 e. The van der Waals surface area contributed by atoms with Gasteiger partial charge in [-0.15, -0.1) is 0 Å². The Morgan fingerprint density at radius 2 is 1.92 bits per heavy atom. The van der Waals surface area contributed by atoms with Crippen LogP contribution in [0.2, 0.25) is 0 Å². The van der Waals surface area contributed by atoms with Crippen molar-refractivity contribution in [3.8, 4) is 0 Å². The standard InChI is InChI=1S/C18H32N6O/c1-25-14-9-7-12(8-10-14)21-18-20-11-15-16(23-18)24(17(19)22-15)13-5-3-2-4-6-13/h11-14,16-17,22H,2-10,19H2,1H3,(H2,20,21,23). The SMILES string of the molecule is COC1CCC(NC2=NC3C(=CN2)NC(N)N3C2CCCCC2)CC1. The molecular weight excluding hydrogens is 316 g/mol. The van der Waals surface area contributed by atoms with Crippen molar-refractivity contribution < 1.29 is 4.74 Å². The van der Waals surface area contributed by atoms with Gasteiger partial charge in [-0.3, -0.25) is 5.73 Å². The minimum atomic E-state index is -0.138. The summed E-state index contributed by atoms with van der Waals surface area (Å²) >= 11 is 0. The number of guanidine groups is 1. The zero-order valence-electron chi connectivity index (χ0n) is 15.2. The van der Waals surface area contributed by atoms with Crippen LogP contribution in [0.25, 0.3) is 0 Å². The fourth-order valence-corrected chi connectivity index (χ4v) is 4.71. The number of fused-ring (bicyclic) bond motifs is 1. The number of nitrogens with two attached hydrogens (primary N) is 1. The lowest BCUT2D eigenvalue weighted by atomic mass is 9.93. The van der Waals surface area contributed by atoms with Gasteiger partial charge in [0, 0.05) is 25.4 Å². The van der Waals surface area contributed by atoms with Crippen LogP contribution >= 0.6 is 0 Å². The Labute approximate surface area is 150 Å². The maximum absolute atomic E-state index is 6.37. The molecule has 2 aliphatic carbocycles. The smallest absolute Gasteiger partial charge is 0.197 e. The summed E-state index contributed by atoms with van der Waals surface area (Å²) in [6.45, 7) is 0. The Hall–Kier alpha value is -1.31. The first-order valence-electron chi connectivity index (χ1n) is 9.88. The van der Waals surface area contributed by atoms with E-state index in [0.29, 0.717) is 18.2 Å². The van der Waals surface area contributed by atoms with Crippen LogP contribution in [-0.4, -0.2) is 48.6 Å². The van der Waals surface area contributed by atoms with Gasteiger partial charge in [-0.1, -0.05) is 19.3 Å². The van der Waals surface area contributed by atoms with E-state index in [0.717, 1.165) is 37.3 Å². The van der Waals surface area contributed by atoms with Crippen molar-refractivity contribution in [2.45, 2.75) is 88.4 Å². The summed E-state index contributed by atoms with van der Waals surface area (Å²) in [7, 11) is 1.81. The predicted octanol–water partition coefficient (Wildman–Crippen LogP) is 1.14. The summed E-state index contributed by atoms with van der Waals surface area (Å²) in [5, 5.41) is 10.3. The largest absolute Gasteiger partial charge is 0.381 e. The molecule has 2 unspecified atom stereocenters. The molecule has 2 saturated carbocycles. The highest BCUT2D eigenvalue weighted by Gasteiger charge is 2.41. The number of hydrogen-bond donors (Lipinski definition) is 4. The molecule has 0 amide bonds. The molecule has 0 aromatic rings. The topological polar surface area (TPSA) is 86.9 Å². The summed E-state index contributed by atoms with van der Waals surface area (Å²) in [5.74, 6) is 0.881. The quantitative estimate of drug-likeness (QED) is 0.612. The lowest BCUT2D eigenvalue weighted by Crippen LogP contribution is -2.52. The van der Waals surface area contributed by atoms with Gasteiger partial charge in [-0.25, -0.2) is 9.89 Å². The number of nitrogens with one attached hydrogen (secondary N) is 3. The Bertz CT molecular complexity index is 522. The molecular formula is C18H32N6O. The van der Waals surface area contributed by atoms with Crippen LogP contribution in [-0.2, 0) is 4.74 Å². The van der Waals surface area contributed by atoms with Crippen LogP contribution in [0.4, 0.5) is 0 Å². The van der Waals surface area contributed by atoms with E-state index in [1.165, 1.54) is 32.1 Å². The molecule has 4 aliphatic rings. The van der Waals surface area contributed by atoms with Crippen molar-refractivity contribution in [3.05, 3.63) is 11.9 Å². The summed E-state index contributed by atoms with van der Waals surface area (Å²) in [6.07, 6.45) is 13.2. The molecule has 7 heteroatoms. The first-order chi connectivity index (χ1) is 12.2. The molecule has 2 heterocycles. The van der Waals surface area contributed by atoms with Crippen LogP contribution in [0.3, 0.4) is 0 Å². The maximum atomic E-state index is 6.37. The summed E-state index contributed by atoms with van der Waals surface area (Å²) in [6, 6.07) is 1.01. The molecule has 0 bridgehead atoms. The molecule has 0 aromatic carbocycles. The number of aliphatic imine (C=N–C) groups is 1. The van der Waals surface area contributed by atoms with E-state index >= 15 is 0 Å². The van der Waals surface area contributed by atoms with Gasteiger partial charge >= 0.3 is 0 Å². The average molecular weight is 348 g/mol. The van der Waals surface area contributed by atoms with Gasteiger partial charge < -0.3 is 20.7 Å². The van der Waals surface area contributed by atoms with E-state index in [9.17, 15) is 0 Å². The van der Waals surface area contributed by atoms with E-state index in [1.54, 1.807) is 0 Å². The van der Waals surface area contributed by atoms with Gasteiger partial charge in [-0.05, 0) is 38.5 Å². The minimum absolute atomic E-state index is 0.0252. The summed E-state index contributed by atoms with van der Waals surface area (Å²) in [4.78, 5) is 7.33. The molecule has 0 aromatic heterocycles. The van der Waals surface area contributed by atoms with E-state index in [1.807, 2.05) is 13.3 Å². The van der Waals surface area contributed by atoms with E-state index in [2.05, 4.69) is 20.9 Å². The van der Waals surface area contributed by atoms with Gasteiger partial charge in [0.1, 0.15) is 6.29 Å². The van der Waals surface area contributed by atoms with Crippen molar-refractivity contribution in [1.29, 1.82) is 0 Å². The molecule has 25 heavy (non-hydrogen) atoms. The third kappa shape index (κ3) is 3.64. The summed E-state index contributed by atoms with van der Waals surface area (Å²) < 4.78 is 5.47. The van der Waals surface area contributed by atoms with Crippen LogP contribution in [0.1, 0.15) is 57.8 Å². The number of nitrogens with zero attached hydrogens (tertiary/aromatic N) is 2. The summed E-state index contributed by atoms with van der Waals surface area (Å²) in [5.41, 5.74) is 7.46. The first kappa shape index (κ1) is 17.1. The molecule has 3 fully saturated rings. The molecule has 2 atom stereocenters. The van der Waals surface area contributed by atoms with Crippen molar-refractivity contribution in [3.63, 3.8) is 0 Å². The molecule has 0 radical (unpaired) electrons. The number of hydrogen-bond acceptors (Lipinski definition) is 7. The van der Waals surface area contributed by atoms with Gasteiger partial charge in [0.05, 0.1) is 11.8 Å². The Balaban J connectivity index is 1.41. The van der Waals surface area contributed by atoms with E-state index in [4.69, 9.17) is 15.5 Å². The normalized spacial score (nSPS) is 36.7. The zero-order chi connectivity index (χ0) is 17.2. The number of ether oxygens (including phenoxy) is 1. The molecule has 2 aliphatic heterocycles. The molecule has 0 spiro atoms. The van der Waals surface area contributed by atoms with E-state index < -0.39 is 0 Å². The van der Waals surface area contributed by atoms with Gasteiger partial charge in [0.15, 0.2) is 12.1 Å².